The van der Waals surface area contributed by atoms with Crippen LogP contribution in [0.5, 0.6) is 11.5 Å². The van der Waals surface area contributed by atoms with Crippen LogP contribution >= 0.6 is 11.3 Å². The average molecular weight is 408 g/mol. The van der Waals surface area contributed by atoms with E-state index in [2.05, 4.69) is 6.92 Å². The van der Waals surface area contributed by atoms with Crippen LogP contribution < -0.4 is 4.74 Å². The van der Waals surface area contributed by atoms with Gasteiger partial charge in [-0.2, -0.15) is 0 Å². The molecule has 150 valence electrons. The van der Waals surface area contributed by atoms with E-state index in [0.717, 1.165) is 52.6 Å². The Kier molecular flexibility index (Phi) is 5.58. The lowest BCUT2D eigenvalue weighted by atomic mass is 9.89. The lowest BCUT2D eigenvalue weighted by Gasteiger charge is -2.32. The normalized spacial score (nSPS) is 14.8. The van der Waals surface area contributed by atoms with E-state index >= 15 is 0 Å². The second-order valence-corrected chi connectivity index (χ2v) is 8.72. The van der Waals surface area contributed by atoms with Gasteiger partial charge in [-0.3, -0.25) is 4.79 Å². The van der Waals surface area contributed by atoms with Crippen LogP contribution in [-0.4, -0.2) is 36.1 Å². The van der Waals surface area contributed by atoms with E-state index in [-0.39, 0.29) is 5.91 Å². The van der Waals surface area contributed by atoms with Crippen molar-refractivity contribution in [2.75, 3.05) is 20.2 Å². The number of aromatic hydroxyl groups is 1. The first-order valence-corrected chi connectivity index (χ1v) is 10.7. The number of phenols is 1. The Bertz CT molecular complexity index is 984. The molecule has 0 saturated carbocycles. The minimum absolute atomic E-state index is 0.127. The van der Waals surface area contributed by atoms with Gasteiger partial charge >= 0.3 is 0 Å². The molecule has 4 nitrogen and oxygen atoms in total. The van der Waals surface area contributed by atoms with Gasteiger partial charge in [0.15, 0.2) is 0 Å². The molecule has 5 heteroatoms. The molecule has 1 amide bonds. The Morgan fingerprint density at radius 1 is 1.07 bits per heavy atom. The molecule has 1 fully saturated rings. The molecule has 4 rings (SSSR count). The fourth-order valence-corrected chi connectivity index (χ4v) is 4.97. The Morgan fingerprint density at radius 2 is 1.72 bits per heavy atom. The topological polar surface area (TPSA) is 49.8 Å². The molecule has 1 saturated heterocycles. The van der Waals surface area contributed by atoms with Crippen molar-refractivity contribution in [1.82, 2.24) is 4.90 Å². The van der Waals surface area contributed by atoms with Gasteiger partial charge in [-0.05, 0) is 72.7 Å². The van der Waals surface area contributed by atoms with Crippen LogP contribution in [0, 0.1) is 6.92 Å². The van der Waals surface area contributed by atoms with Crippen molar-refractivity contribution in [3.8, 4) is 22.6 Å². The van der Waals surface area contributed by atoms with Crippen molar-refractivity contribution >= 4 is 17.2 Å². The van der Waals surface area contributed by atoms with Gasteiger partial charge in [-0.25, -0.2) is 0 Å². The summed E-state index contributed by atoms with van der Waals surface area (Å²) in [5.41, 5.74) is 3.45. The number of hydrogen-bond acceptors (Lipinski definition) is 4. The lowest BCUT2D eigenvalue weighted by Crippen LogP contribution is -2.37. The van der Waals surface area contributed by atoms with Crippen LogP contribution in [0.3, 0.4) is 0 Å². The van der Waals surface area contributed by atoms with Crippen molar-refractivity contribution in [3.63, 3.8) is 0 Å². The first kappa shape index (κ1) is 19.5. The highest BCUT2D eigenvalue weighted by Crippen LogP contribution is 2.34. The third kappa shape index (κ3) is 4.15. The molecule has 1 N–H and O–H groups in total. The number of nitrogens with zero attached hydrogens (tertiary/aromatic N) is 1. The number of rotatable bonds is 4. The third-order valence-electron chi connectivity index (χ3n) is 5.68. The van der Waals surface area contributed by atoms with Crippen molar-refractivity contribution < 1.29 is 14.6 Å². The zero-order valence-electron chi connectivity index (χ0n) is 16.7. The van der Waals surface area contributed by atoms with Gasteiger partial charge in [0.05, 0.1) is 12.0 Å². The molecule has 1 aliphatic rings. The molecule has 3 aromatic rings. The van der Waals surface area contributed by atoms with Crippen molar-refractivity contribution in [3.05, 3.63) is 69.9 Å². The molecule has 0 atom stereocenters. The highest BCUT2D eigenvalue weighted by atomic mass is 32.1. The Balaban J connectivity index is 1.44. The molecule has 0 aliphatic carbocycles. The summed E-state index contributed by atoms with van der Waals surface area (Å²) in [4.78, 5) is 17.0. The standard InChI is InChI=1S/C24H25NO3S/c1-16-22(19-5-9-21(28-2)10-6-19)15-23(29-16)24(27)25-13-11-18(12-14-25)17-3-7-20(26)8-4-17/h3-10,15,18,26H,11-14H2,1-2H3. The number of hydrogen-bond donors (Lipinski definition) is 1. The van der Waals surface area contributed by atoms with E-state index < -0.39 is 0 Å². The Hall–Kier alpha value is -2.79. The molecular formula is C24H25NO3S. The minimum Gasteiger partial charge on any atom is -0.508 e. The van der Waals surface area contributed by atoms with Crippen LogP contribution in [0.4, 0.5) is 0 Å². The summed E-state index contributed by atoms with van der Waals surface area (Å²) < 4.78 is 5.23. The maximum Gasteiger partial charge on any atom is 0.263 e. The number of amides is 1. The van der Waals surface area contributed by atoms with Crippen LogP contribution in [0.1, 0.15) is 38.9 Å². The number of ether oxygens (including phenoxy) is 1. The van der Waals surface area contributed by atoms with E-state index in [1.54, 1.807) is 30.6 Å². The summed E-state index contributed by atoms with van der Waals surface area (Å²) in [5.74, 6) is 1.69. The molecule has 1 aliphatic heterocycles. The molecule has 0 unspecified atom stereocenters. The number of piperidine rings is 1. The largest absolute Gasteiger partial charge is 0.508 e. The minimum atomic E-state index is 0.127. The smallest absolute Gasteiger partial charge is 0.263 e. The monoisotopic (exact) mass is 407 g/mol. The Labute approximate surface area is 175 Å². The predicted octanol–water partition coefficient (Wildman–Crippen LogP) is 5.46. The predicted molar refractivity (Wildman–Crippen MR) is 117 cm³/mol. The third-order valence-corrected chi connectivity index (χ3v) is 6.71. The van der Waals surface area contributed by atoms with Gasteiger partial charge in [0, 0.05) is 18.0 Å². The number of thiophene rings is 1. The molecule has 29 heavy (non-hydrogen) atoms. The quantitative estimate of drug-likeness (QED) is 0.625. The summed E-state index contributed by atoms with van der Waals surface area (Å²) in [7, 11) is 1.66. The van der Waals surface area contributed by atoms with Gasteiger partial charge < -0.3 is 14.7 Å². The summed E-state index contributed by atoms with van der Waals surface area (Å²) in [5, 5.41) is 9.47. The number of carbonyl (C=O) groups is 1. The molecule has 0 radical (unpaired) electrons. The van der Waals surface area contributed by atoms with E-state index in [4.69, 9.17) is 4.74 Å². The molecule has 0 bridgehead atoms. The first-order valence-electron chi connectivity index (χ1n) is 9.88. The van der Waals surface area contributed by atoms with Crippen LogP contribution in [0.2, 0.25) is 0 Å². The van der Waals surface area contributed by atoms with Crippen molar-refractivity contribution in [2.24, 2.45) is 0 Å². The number of aryl methyl sites for hydroxylation is 1. The number of likely N-dealkylation sites (tertiary alicyclic amines) is 1. The summed E-state index contributed by atoms with van der Waals surface area (Å²) in [6.45, 7) is 3.59. The summed E-state index contributed by atoms with van der Waals surface area (Å²) >= 11 is 1.57. The number of phenolic OH excluding ortho intramolecular Hbond substituents is 1. The number of methoxy groups -OCH3 is 1. The zero-order chi connectivity index (χ0) is 20.4. The number of benzene rings is 2. The SMILES string of the molecule is COc1ccc(-c2cc(C(=O)N3CCC(c4ccc(O)cc4)CC3)sc2C)cc1. The van der Waals surface area contributed by atoms with E-state index in [0.29, 0.717) is 11.7 Å². The molecule has 1 aromatic heterocycles. The van der Waals surface area contributed by atoms with E-state index in [1.165, 1.54) is 5.56 Å². The second kappa shape index (κ2) is 8.29. The highest BCUT2D eigenvalue weighted by molar-refractivity contribution is 7.14. The summed E-state index contributed by atoms with van der Waals surface area (Å²) in [6, 6.07) is 17.4. The average Bonchev–Trinajstić information content (AvgIpc) is 3.15. The van der Waals surface area contributed by atoms with E-state index in [1.807, 2.05) is 47.4 Å². The van der Waals surface area contributed by atoms with Gasteiger partial charge in [0.2, 0.25) is 0 Å². The molecule has 2 heterocycles. The second-order valence-electron chi connectivity index (χ2n) is 7.47. The Morgan fingerprint density at radius 3 is 2.34 bits per heavy atom. The fourth-order valence-electron chi connectivity index (χ4n) is 3.96. The van der Waals surface area contributed by atoms with Gasteiger partial charge in [0.1, 0.15) is 11.5 Å². The van der Waals surface area contributed by atoms with Crippen LogP contribution in [0.25, 0.3) is 11.1 Å². The molecular weight excluding hydrogens is 382 g/mol. The lowest BCUT2D eigenvalue weighted by molar-refractivity contribution is 0.0718. The van der Waals surface area contributed by atoms with Crippen LogP contribution in [0.15, 0.2) is 54.6 Å². The number of carbonyl (C=O) groups excluding carboxylic acids is 1. The first-order chi connectivity index (χ1) is 14.0. The fraction of sp³-hybridized carbons (Fsp3) is 0.292. The zero-order valence-corrected chi connectivity index (χ0v) is 17.5. The van der Waals surface area contributed by atoms with E-state index in [9.17, 15) is 9.90 Å². The van der Waals surface area contributed by atoms with Gasteiger partial charge in [-0.15, -0.1) is 11.3 Å². The highest BCUT2D eigenvalue weighted by Gasteiger charge is 2.26. The van der Waals surface area contributed by atoms with Crippen molar-refractivity contribution in [1.29, 1.82) is 0 Å². The molecule has 2 aromatic carbocycles. The maximum absolute atomic E-state index is 13.1. The maximum atomic E-state index is 13.1. The summed E-state index contributed by atoms with van der Waals surface area (Å²) in [6.07, 6.45) is 1.90. The van der Waals surface area contributed by atoms with Crippen molar-refractivity contribution in [2.45, 2.75) is 25.7 Å². The molecule has 0 spiro atoms. The van der Waals surface area contributed by atoms with Crippen LogP contribution in [-0.2, 0) is 0 Å². The van der Waals surface area contributed by atoms with Gasteiger partial charge in [0.25, 0.3) is 5.91 Å². The van der Waals surface area contributed by atoms with Gasteiger partial charge in [-0.1, -0.05) is 24.3 Å².